The van der Waals surface area contributed by atoms with E-state index in [0.717, 1.165) is 24.2 Å². The van der Waals surface area contributed by atoms with Gasteiger partial charge in [0, 0.05) is 32.0 Å². The molecule has 0 unspecified atom stereocenters. The summed E-state index contributed by atoms with van der Waals surface area (Å²) in [6.45, 7) is 6.24. The highest BCUT2D eigenvalue weighted by molar-refractivity contribution is 5.62. The number of aromatic nitrogens is 1. The molecule has 0 spiro atoms. The van der Waals surface area contributed by atoms with Crippen molar-refractivity contribution in [1.82, 2.24) is 9.88 Å². The summed E-state index contributed by atoms with van der Waals surface area (Å²) in [7, 11) is 2.02. The molecule has 126 valence electrons. The van der Waals surface area contributed by atoms with Crippen molar-refractivity contribution < 1.29 is 4.74 Å². The molecule has 4 nitrogen and oxygen atoms in total. The number of hydrogen-bond acceptors (Lipinski definition) is 3. The SMILES string of the molecule is Cc1nc(OC2Cc3ccccc3C2)ccc1N=CN(C)C(C)C. The first-order valence-electron chi connectivity index (χ1n) is 8.50. The first-order valence-corrected chi connectivity index (χ1v) is 8.50. The van der Waals surface area contributed by atoms with Gasteiger partial charge in [0.15, 0.2) is 0 Å². The van der Waals surface area contributed by atoms with Crippen LogP contribution in [0.5, 0.6) is 5.88 Å². The third-order valence-corrected chi connectivity index (χ3v) is 4.53. The van der Waals surface area contributed by atoms with Crippen molar-refractivity contribution in [3.63, 3.8) is 0 Å². The van der Waals surface area contributed by atoms with Crippen LogP contribution < -0.4 is 4.74 Å². The highest BCUT2D eigenvalue weighted by Gasteiger charge is 2.22. The molecule has 0 radical (unpaired) electrons. The molecule has 0 atom stereocenters. The lowest BCUT2D eigenvalue weighted by Gasteiger charge is -2.17. The van der Waals surface area contributed by atoms with Crippen molar-refractivity contribution in [2.24, 2.45) is 4.99 Å². The summed E-state index contributed by atoms with van der Waals surface area (Å²) in [5, 5.41) is 0. The van der Waals surface area contributed by atoms with Gasteiger partial charge < -0.3 is 9.64 Å². The average Bonchev–Trinajstić information content (AvgIpc) is 2.95. The molecule has 0 N–H and O–H groups in total. The summed E-state index contributed by atoms with van der Waals surface area (Å²) >= 11 is 0. The monoisotopic (exact) mass is 323 g/mol. The number of aryl methyl sites for hydroxylation is 1. The molecule has 0 bridgehead atoms. The summed E-state index contributed by atoms with van der Waals surface area (Å²) in [6.07, 6.45) is 3.94. The number of rotatable bonds is 5. The van der Waals surface area contributed by atoms with E-state index in [2.05, 4.69) is 53.0 Å². The molecule has 1 aliphatic carbocycles. The van der Waals surface area contributed by atoms with Gasteiger partial charge in [-0.15, -0.1) is 0 Å². The molecule has 0 saturated heterocycles. The Balaban J connectivity index is 1.65. The van der Waals surface area contributed by atoms with Crippen LogP contribution in [0, 0.1) is 6.92 Å². The maximum Gasteiger partial charge on any atom is 0.213 e. The van der Waals surface area contributed by atoms with Crippen molar-refractivity contribution >= 4 is 12.0 Å². The Morgan fingerprint density at radius 2 is 1.83 bits per heavy atom. The van der Waals surface area contributed by atoms with Gasteiger partial charge in [-0.2, -0.15) is 0 Å². The second kappa shape index (κ2) is 7.04. The molecule has 0 fully saturated rings. The fourth-order valence-corrected chi connectivity index (χ4v) is 2.79. The molecule has 0 saturated carbocycles. The molecular formula is C20H25N3O. The molecule has 1 heterocycles. The quantitative estimate of drug-likeness (QED) is 0.618. The number of hydrogen-bond donors (Lipinski definition) is 0. The van der Waals surface area contributed by atoms with E-state index in [1.165, 1.54) is 11.1 Å². The maximum absolute atomic E-state index is 6.08. The maximum atomic E-state index is 6.08. The summed E-state index contributed by atoms with van der Waals surface area (Å²) in [5.41, 5.74) is 4.54. The molecule has 0 amide bonds. The standard InChI is InChI=1S/C20H25N3O/c1-14(2)23(4)13-21-19-9-10-20(22-15(19)3)24-18-11-16-7-5-6-8-17(16)12-18/h5-10,13-14,18H,11-12H2,1-4H3. The molecule has 24 heavy (non-hydrogen) atoms. The van der Waals surface area contributed by atoms with Crippen molar-refractivity contribution in [2.45, 2.75) is 45.8 Å². The van der Waals surface area contributed by atoms with Gasteiger partial charge in [-0.05, 0) is 38.0 Å². The second-order valence-corrected chi connectivity index (χ2v) is 6.67. The Kier molecular flexibility index (Phi) is 4.84. The Bertz CT molecular complexity index is 714. The van der Waals surface area contributed by atoms with Crippen LogP contribution in [0.4, 0.5) is 5.69 Å². The van der Waals surface area contributed by atoms with Gasteiger partial charge in [-0.1, -0.05) is 24.3 Å². The largest absolute Gasteiger partial charge is 0.474 e. The fourth-order valence-electron chi connectivity index (χ4n) is 2.79. The van der Waals surface area contributed by atoms with E-state index in [1.807, 2.05) is 32.4 Å². The molecule has 3 rings (SSSR count). The van der Waals surface area contributed by atoms with Gasteiger partial charge in [0.2, 0.25) is 5.88 Å². The van der Waals surface area contributed by atoms with Crippen LogP contribution in [0.2, 0.25) is 0 Å². The molecule has 2 aromatic rings. The third kappa shape index (κ3) is 3.75. The summed E-state index contributed by atoms with van der Waals surface area (Å²) in [5.74, 6) is 0.682. The van der Waals surface area contributed by atoms with Gasteiger partial charge in [-0.3, -0.25) is 0 Å². The average molecular weight is 323 g/mol. The van der Waals surface area contributed by atoms with E-state index >= 15 is 0 Å². The highest BCUT2D eigenvalue weighted by Crippen LogP contribution is 2.26. The number of ether oxygens (including phenoxy) is 1. The number of benzene rings is 1. The van der Waals surface area contributed by atoms with Crippen molar-refractivity contribution in [1.29, 1.82) is 0 Å². The molecular weight excluding hydrogens is 298 g/mol. The van der Waals surface area contributed by atoms with Gasteiger partial charge in [-0.25, -0.2) is 9.98 Å². The zero-order chi connectivity index (χ0) is 17.1. The van der Waals surface area contributed by atoms with E-state index in [0.29, 0.717) is 11.9 Å². The van der Waals surface area contributed by atoms with Crippen LogP contribution >= 0.6 is 0 Å². The van der Waals surface area contributed by atoms with Crippen molar-refractivity contribution in [3.8, 4) is 5.88 Å². The van der Waals surface area contributed by atoms with Crippen LogP contribution in [0.3, 0.4) is 0 Å². The minimum Gasteiger partial charge on any atom is -0.474 e. The Morgan fingerprint density at radius 1 is 1.17 bits per heavy atom. The first-order chi connectivity index (χ1) is 11.5. The lowest BCUT2D eigenvalue weighted by molar-refractivity contribution is 0.205. The minimum absolute atomic E-state index is 0.177. The lowest BCUT2D eigenvalue weighted by Crippen LogP contribution is -2.24. The Hall–Kier alpha value is -2.36. The van der Waals surface area contributed by atoms with Gasteiger partial charge in [0.05, 0.1) is 17.7 Å². The smallest absolute Gasteiger partial charge is 0.213 e. The normalized spacial score (nSPS) is 14.4. The fraction of sp³-hybridized carbons (Fsp3) is 0.400. The van der Waals surface area contributed by atoms with E-state index in [4.69, 9.17) is 4.74 Å². The zero-order valence-electron chi connectivity index (χ0n) is 14.9. The van der Waals surface area contributed by atoms with Gasteiger partial charge in [0.1, 0.15) is 6.10 Å². The van der Waals surface area contributed by atoms with E-state index < -0.39 is 0 Å². The Morgan fingerprint density at radius 3 is 2.42 bits per heavy atom. The summed E-state index contributed by atoms with van der Waals surface area (Å²) < 4.78 is 6.08. The van der Waals surface area contributed by atoms with Crippen molar-refractivity contribution in [3.05, 3.63) is 53.2 Å². The van der Waals surface area contributed by atoms with E-state index in [1.54, 1.807) is 0 Å². The van der Waals surface area contributed by atoms with Crippen LogP contribution in [0.15, 0.2) is 41.4 Å². The summed E-state index contributed by atoms with van der Waals surface area (Å²) in [6, 6.07) is 12.9. The van der Waals surface area contributed by atoms with Crippen LogP contribution in [0.1, 0.15) is 30.7 Å². The molecule has 4 heteroatoms. The van der Waals surface area contributed by atoms with Crippen LogP contribution in [0.25, 0.3) is 0 Å². The molecule has 1 aromatic carbocycles. The first kappa shape index (κ1) is 16.5. The minimum atomic E-state index is 0.177. The van der Waals surface area contributed by atoms with Gasteiger partial charge >= 0.3 is 0 Å². The van der Waals surface area contributed by atoms with E-state index in [-0.39, 0.29) is 6.10 Å². The molecule has 1 aliphatic rings. The Labute approximate surface area is 144 Å². The third-order valence-electron chi connectivity index (χ3n) is 4.53. The highest BCUT2D eigenvalue weighted by atomic mass is 16.5. The summed E-state index contributed by atoms with van der Waals surface area (Å²) in [4.78, 5) is 11.2. The number of nitrogens with zero attached hydrogens (tertiary/aromatic N) is 3. The van der Waals surface area contributed by atoms with Gasteiger partial charge in [0.25, 0.3) is 0 Å². The zero-order valence-corrected chi connectivity index (χ0v) is 14.9. The number of aliphatic imine (C=N–C) groups is 1. The van der Waals surface area contributed by atoms with Crippen molar-refractivity contribution in [2.75, 3.05) is 7.05 Å². The predicted octanol–water partition coefficient (Wildman–Crippen LogP) is 3.94. The van der Waals surface area contributed by atoms with E-state index in [9.17, 15) is 0 Å². The molecule has 1 aromatic heterocycles. The topological polar surface area (TPSA) is 37.7 Å². The predicted molar refractivity (Wildman–Crippen MR) is 98.3 cm³/mol. The number of fused-ring (bicyclic) bond motifs is 1. The lowest BCUT2D eigenvalue weighted by atomic mass is 10.1. The second-order valence-electron chi connectivity index (χ2n) is 6.67. The van der Waals surface area contributed by atoms with Crippen LogP contribution in [-0.4, -0.2) is 35.4 Å². The number of pyridine rings is 1. The molecule has 0 aliphatic heterocycles. The van der Waals surface area contributed by atoms with Crippen LogP contribution in [-0.2, 0) is 12.8 Å².